The first-order valence-electron chi connectivity index (χ1n) is 6.97. The van der Waals surface area contributed by atoms with E-state index in [1.165, 1.54) is 0 Å². The summed E-state index contributed by atoms with van der Waals surface area (Å²) in [6.45, 7) is 3.26. The Kier molecular flexibility index (Phi) is 5.16. The minimum absolute atomic E-state index is 0.145. The van der Waals surface area contributed by atoms with Gasteiger partial charge in [0.1, 0.15) is 5.75 Å². The zero-order chi connectivity index (χ0) is 15.2. The van der Waals surface area contributed by atoms with Crippen LogP contribution in [-0.4, -0.2) is 36.8 Å². The molecule has 0 saturated carbocycles. The Labute approximate surface area is 123 Å². The summed E-state index contributed by atoms with van der Waals surface area (Å²) in [6, 6.07) is 4.15. The second-order valence-corrected chi connectivity index (χ2v) is 4.75. The van der Waals surface area contributed by atoms with Crippen molar-refractivity contribution in [2.24, 2.45) is 0 Å². The van der Waals surface area contributed by atoms with Crippen molar-refractivity contribution < 1.29 is 24.2 Å². The van der Waals surface area contributed by atoms with Gasteiger partial charge in [0.15, 0.2) is 6.04 Å². The lowest BCUT2D eigenvalue weighted by Crippen LogP contribution is -2.34. The number of rotatable bonds is 7. The van der Waals surface area contributed by atoms with E-state index in [1.54, 1.807) is 18.2 Å². The lowest BCUT2D eigenvalue weighted by Gasteiger charge is -2.15. The number of hydrogen-bond donors (Lipinski definition) is 2. The molecule has 21 heavy (non-hydrogen) atoms. The lowest BCUT2D eigenvalue weighted by molar-refractivity contribution is -0.142. The summed E-state index contributed by atoms with van der Waals surface area (Å²) in [5.74, 6) is -0.642. The average Bonchev–Trinajstić information content (AvgIpc) is 2.92. The van der Waals surface area contributed by atoms with Gasteiger partial charge in [-0.15, -0.1) is 0 Å². The van der Waals surface area contributed by atoms with Crippen LogP contribution < -0.4 is 10.1 Å². The van der Waals surface area contributed by atoms with Crippen LogP contribution in [0.3, 0.4) is 0 Å². The van der Waals surface area contributed by atoms with E-state index in [2.05, 4.69) is 5.32 Å². The zero-order valence-electron chi connectivity index (χ0n) is 11.9. The van der Waals surface area contributed by atoms with Gasteiger partial charge in [0.2, 0.25) is 5.91 Å². The van der Waals surface area contributed by atoms with Gasteiger partial charge in [0, 0.05) is 19.4 Å². The number of ether oxygens (including phenoxy) is 2. The lowest BCUT2D eigenvalue weighted by atomic mass is 10.0. The van der Waals surface area contributed by atoms with Gasteiger partial charge in [-0.25, -0.2) is 4.79 Å². The number of aliphatic carboxylic acids is 1. The fraction of sp³-hybridized carbons (Fsp3) is 0.467. The third-order valence-corrected chi connectivity index (χ3v) is 3.28. The van der Waals surface area contributed by atoms with E-state index in [0.717, 1.165) is 17.7 Å². The topological polar surface area (TPSA) is 84.9 Å². The Morgan fingerprint density at radius 2 is 2.29 bits per heavy atom. The number of fused-ring (bicyclic) bond motifs is 1. The highest BCUT2D eigenvalue weighted by Gasteiger charge is 2.24. The number of carbonyl (C=O) groups is 2. The van der Waals surface area contributed by atoms with Crippen molar-refractivity contribution in [3.63, 3.8) is 0 Å². The maximum Gasteiger partial charge on any atom is 0.330 e. The fourth-order valence-corrected chi connectivity index (χ4v) is 2.22. The van der Waals surface area contributed by atoms with E-state index in [0.29, 0.717) is 18.8 Å². The molecule has 0 aliphatic carbocycles. The number of carboxylic acid groups (broad SMARTS) is 1. The van der Waals surface area contributed by atoms with Gasteiger partial charge < -0.3 is 19.9 Å². The molecular weight excluding hydrogens is 274 g/mol. The molecule has 0 spiro atoms. The van der Waals surface area contributed by atoms with Crippen molar-refractivity contribution in [1.82, 2.24) is 5.32 Å². The Hall–Kier alpha value is -2.08. The summed E-state index contributed by atoms with van der Waals surface area (Å²) >= 11 is 0. The van der Waals surface area contributed by atoms with Gasteiger partial charge in [-0.05, 0) is 30.2 Å². The van der Waals surface area contributed by atoms with Crippen LogP contribution in [0.1, 0.15) is 30.5 Å². The van der Waals surface area contributed by atoms with Gasteiger partial charge in [-0.1, -0.05) is 6.07 Å². The van der Waals surface area contributed by atoms with E-state index in [4.69, 9.17) is 9.47 Å². The first kappa shape index (κ1) is 15.3. The molecule has 1 atom stereocenters. The molecule has 1 aromatic rings. The molecule has 1 unspecified atom stereocenters. The fourth-order valence-electron chi connectivity index (χ4n) is 2.22. The Balaban J connectivity index is 2.05. The number of carboxylic acids is 1. The second-order valence-electron chi connectivity index (χ2n) is 4.75. The van der Waals surface area contributed by atoms with Crippen LogP contribution >= 0.6 is 0 Å². The van der Waals surface area contributed by atoms with Crippen molar-refractivity contribution in [3.8, 4) is 5.75 Å². The van der Waals surface area contributed by atoms with E-state index < -0.39 is 12.0 Å². The Morgan fingerprint density at radius 3 is 3.00 bits per heavy atom. The molecule has 0 fully saturated rings. The smallest absolute Gasteiger partial charge is 0.330 e. The normalized spacial score (nSPS) is 14.1. The second kappa shape index (κ2) is 7.08. The molecular formula is C15H19NO5. The summed E-state index contributed by atoms with van der Waals surface area (Å²) in [5, 5.41) is 11.8. The van der Waals surface area contributed by atoms with E-state index in [-0.39, 0.29) is 18.9 Å². The molecule has 0 aromatic heterocycles. The monoisotopic (exact) mass is 293 g/mol. The van der Waals surface area contributed by atoms with Crippen LogP contribution in [0.5, 0.6) is 5.75 Å². The van der Waals surface area contributed by atoms with E-state index in [9.17, 15) is 14.7 Å². The van der Waals surface area contributed by atoms with Crippen molar-refractivity contribution in [2.45, 2.75) is 25.8 Å². The number of hydrogen-bond acceptors (Lipinski definition) is 4. The zero-order valence-corrected chi connectivity index (χ0v) is 11.9. The van der Waals surface area contributed by atoms with Crippen LogP contribution in [0.4, 0.5) is 0 Å². The predicted molar refractivity (Wildman–Crippen MR) is 75.3 cm³/mol. The largest absolute Gasteiger partial charge is 0.493 e. The highest BCUT2D eigenvalue weighted by molar-refractivity contribution is 5.84. The molecule has 2 N–H and O–H groups in total. The van der Waals surface area contributed by atoms with E-state index in [1.807, 2.05) is 6.92 Å². The molecule has 6 heteroatoms. The van der Waals surface area contributed by atoms with Crippen LogP contribution in [0.25, 0.3) is 0 Å². The summed E-state index contributed by atoms with van der Waals surface area (Å²) < 4.78 is 10.5. The van der Waals surface area contributed by atoms with Crippen LogP contribution in [0, 0.1) is 0 Å². The first-order valence-corrected chi connectivity index (χ1v) is 6.97. The molecule has 1 aromatic carbocycles. The van der Waals surface area contributed by atoms with Gasteiger partial charge in [0.05, 0.1) is 13.2 Å². The predicted octanol–water partition coefficient (Wildman–Crippen LogP) is 1.29. The molecule has 114 valence electrons. The number of amides is 1. The minimum atomic E-state index is -1.08. The van der Waals surface area contributed by atoms with Gasteiger partial charge in [-0.3, -0.25) is 4.79 Å². The maximum absolute atomic E-state index is 11.8. The molecule has 0 radical (unpaired) electrons. The summed E-state index contributed by atoms with van der Waals surface area (Å²) in [5.41, 5.74) is 1.53. The molecule has 2 rings (SSSR count). The van der Waals surface area contributed by atoms with Gasteiger partial charge in [0.25, 0.3) is 0 Å². The maximum atomic E-state index is 11.8. The summed E-state index contributed by atoms with van der Waals surface area (Å²) in [7, 11) is 0. The van der Waals surface area contributed by atoms with Crippen LogP contribution in [-0.2, 0) is 20.7 Å². The third kappa shape index (κ3) is 3.95. The molecule has 1 amide bonds. The highest BCUT2D eigenvalue weighted by atomic mass is 16.5. The van der Waals surface area contributed by atoms with Crippen molar-refractivity contribution in [2.75, 3.05) is 19.8 Å². The number of benzene rings is 1. The minimum Gasteiger partial charge on any atom is -0.493 e. The van der Waals surface area contributed by atoms with Gasteiger partial charge >= 0.3 is 5.97 Å². The highest BCUT2D eigenvalue weighted by Crippen LogP contribution is 2.28. The molecule has 1 aliphatic heterocycles. The van der Waals surface area contributed by atoms with Crippen molar-refractivity contribution in [1.29, 1.82) is 0 Å². The number of nitrogens with one attached hydrogen (secondary N) is 1. The molecule has 0 bridgehead atoms. The Morgan fingerprint density at radius 1 is 1.48 bits per heavy atom. The van der Waals surface area contributed by atoms with Crippen molar-refractivity contribution >= 4 is 11.9 Å². The number of carbonyl (C=O) groups excluding carboxylic acids is 1. The third-order valence-electron chi connectivity index (χ3n) is 3.28. The quantitative estimate of drug-likeness (QED) is 0.740. The van der Waals surface area contributed by atoms with Gasteiger partial charge in [-0.2, -0.15) is 0 Å². The first-order chi connectivity index (χ1) is 10.1. The van der Waals surface area contributed by atoms with Crippen LogP contribution in [0.2, 0.25) is 0 Å². The SMILES string of the molecule is CCOCCC(=O)NC(C(=O)O)c1ccc2c(c1)CCO2. The summed E-state index contributed by atoms with van der Waals surface area (Å²) in [6.07, 6.45) is 0.902. The van der Waals surface area contributed by atoms with E-state index >= 15 is 0 Å². The molecule has 6 nitrogen and oxygen atoms in total. The van der Waals surface area contributed by atoms with Crippen molar-refractivity contribution in [3.05, 3.63) is 29.3 Å². The van der Waals surface area contributed by atoms with Crippen LogP contribution in [0.15, 0.2) is 18.2 Å². The Bertz CT molecular complexity index is 529. The molecule has 0 saturated heterocycles. The molecule has 1 aliphatic rings. The summed E-state index contributed by atoms with van der Waals surface area (Å²) in [4.78, 5) is 23.1. The molecule has 1 heterocycles. The standard InChI is InChI=1S/C15H19NO5/c1-2-20-7-6-13(17)16-14(15(18)19)11-3-4-12-10(9-11)5-8-21-12/h3-4,9,14H,2,5-8H2,1H3,(H,16,17)(H,18,19). The average molecular weight is 293 g/mol.